The van der Waals surface area contributed by atoms with E-state index in [0.717, 1.165) is 27.9 Å². The number of thiazole rings is 1. The normalized spacial score (nSPS) is 12.1. The lowest BCUT2D eigenvalue weighted by atomic mass is 10.1. The molecule has 0 atom stereocenters. The van der Waals surface area contributed by atoms with E-state index < -0.39 is 17.4 Å². The minimum Gasteiger partial charge on any atom is -0.457 e. The lowest BCUT2D eigenvalue weighted by Crippen LogP contribution is -2.04. The fourth-order valence-electron chi connectivity index (χ4n) is 3.51. The maximum absolute atomic E-state index is 13.0. The van der Waals surface area contributed by atoms with Crippen LogP contribution in [0.2, 0.25) is 0 Å². The SMILES string of the molecule is N#CC(=Cc1ccc(-c2cccc(C(F)(F)F)c2)o1)c1nc(-c2cc3cc(Br)ccc3oc2=O)cs1. The third-order valence-corrected chi connectivity index (χ3v) is 6.58. The summed E-state index contributed by atoms with van der Waals surface area (Å²) in [7, 11) is 0. The standard InChI is InChI=1S/C26H12BrF3N2O3S/c27-18-4-6-23-15(9-18)11-20(25(33)35-23)21-13-36-24(32-21)16(12-31)10-19-5-7-22(34-19)14-2-1-3-17(8-14)26(28,29)30/h1-11,13H. The van der Waals surface area contributed by atoms with Gasteiger partial charge in [0.05, 0.1) is 22.4 Å². The Hall–Kier alpha value is -3.94. The Morgan fingerprint density at radius 2 is 1.92 bits per heavy atom. The van der Waals surface area contributed by atoms with Gasteiger partial charge in [-0.25, -0.2) is 9.78 Å². The highest BCUT2D eigenvalue weighted by Gasteiger charge is 2.30. The van der Waals surface area contributed by atoms with Gasteiger partial charge in [0.15, 0.2) is 0 Å². The number of hydrogen-bond donors (Lipinski definition) is 0. The second kappa shape index (κ2) is 9.26. The molecule has 0 saturated heterocycles. The van der Waals surface area contributed by atoms with Gasteiger partial charge in [-0.1, -0.05) is 28.1 Å². The Bertz CT molecular complexity index is 1740. The van der Waals surface area contributed by atoms with Crippen LogP contribution in [0, 0.1) is 11.3 Å². The minimum atomic E-state index is -4.47. The van der Waals surface area contributed by atoms with Gasteiger partial charge < -0.3 is 8.83 Å². The van der Waals surface area contributed by atoms with E-state index in [1.165, 1.54) is 24.3 Å². The van der Waals surface area contributed by atoms with E-state index in [4.69, 9.17) is 8.83 Å². The molecule has 10 heteroatoms. The summed E-state index contributed by atoms with van der Waals surface area (Å²) in [5, 5.41) is 12.4. The van der Waals surface area contributed by atoms with E-state index in [1.54, 1.807) is 29.6 Å². The lowest BCUT2D eigenvalue weighted by molar-refractivity contribution is -0.137. The number of benzene rings is 2. The van der Waals surface area contributed by atoms with Crippen LogP contribution in [0.15, 0.2) is 84.1 Å². The third kappa shape index (κ3) is 4.76. The summed E-state index contributed by atoms with van der Waals surface area (Å²) in [6, 6.07) is 16.9. The molecule has 178 valence electrons. The van der Waals surface area contributed by atoms with Gasteiger partial charge in [0.1, 0.15) is 28.2 Å². The predicted octanol–water partition coefficient (Wildman–Crippen LogP) is 8.02. The predicted molar refractivity (Wildman–Crippen MR) is 134 cm³/mol. The highest BCUT2D eigenvalue weighted by Crippen LogP contribution is 2.33. The number of aromatic nitrogens is 1. The van der Waals surface area contributed by atoms with Gasteiger partial charge >= 0.3 is 11.8 Å². The van der Waals surface area contributed by atoms with Crippen molar-refractivity contribution in [2.75, 3.05) is 0 Å². The molecule has 0 aliphatic rings. The minimum absolute atomic E-state index is 0.170. The van der Waals surface area contributed by atoms with Crippen LogP contribution in [-0.4, -0.2) is 4.98 Å². The Morgan fingerprint density at radius 3 is 2.69 bits per heavy atom. The lowest BCUT2D eigenvalue weighted by Gasteiger charge is -2.07. The average molecular weight is 569 g/mol. The first-order chi connectivity index (χ1) is 17.2. The van der Waals surface area contributed by atoms with Crippen molar-refractivity contribution in [1.29, 1.82) is 5.26 Å². The van der Waals surface area contributed by atoms with Crippen molar-refractivity contribution in [3.8, 4) is 28.7 Å². The van der Waals surface area contributed by atoms with Crippen molar-refractivity contribution in [2.45, 2.75) is 6.18 Å². The van der Waals surface area contributed by atoms with Gasteiger partial charge in [-0.05, 0) is 48.5 Å². The number of nitrogens with zero attached hydrogens (tertiary/aromatic N) is 2. The molecule has 5 nitrogen and oxygen atoms in total. The van der Waals surface area contributed by atoms with Crippen LogP contribution in [0.3, 0.4) is 0 Å². The number of allylic oxidation sites excluding steroid dienone is 1. The Kier molecular flexibility index (Phi) is 6.12. The van der Waals surface area contributed by atoms with E-state index in [1.807, 2.05) is 6.07 Å². The topological polar surface area (TPSA) is 80.0 Å². The first kappa shape index (κ1) is 23.8. The fourth-order valence-corrected chi connectivity index (χ4v) is 4.68. The van der Waals surface area contributed by atoms with Crippen molar-refractivity contribution < 1.29 is 22.0 Å². The molecule has 3 aromatic heterocycles. The van der Waals surface area contributed by atoms with Gasteiger partial charge in [-0.3, -0.25) is 0 Å². The van der Waals surface area contributed by atoms with Crippen LogP contribution < -0.4 is 5.63 Å². The number of halogens is 4. The van der Waals surface area contributed by atoms with Gasteiger partial charge in [-0.15, -0.1) is 11.3 Å². The highest BCUT2D eigenvalue weighted by molar-refractivity contribution is 9.10. The van der Waals surface area contributed by atoms with Gasteiger partial charge in [0.2, 0.25) is 0 Å². The zero-order valence-corrected chi connectivity index (χ0v) is 20.4. The summed E-state index contributed by atoms with van der Waals surface area (Å²) in [4.78, 5) is 16.9. The molecule has 3 heterocycles. The quantitative estimate of drug-likeness (QED) is 0.162. The largest absolute Gasteiger partial charge is 0.457 e. The second-order valence-corrected chi connectivity index (χ2v) is 9.39. The number of furan rings is 1. The van der Waals surface area contributed by atoms with E-state index >= 15 is 0 Å². The second-order valence-electron chi connectivity index (χ2n) is 7.62. The maximum Gasteiger partial charge on any atom is 0.416 e. The highest BCUT2D eigenvalue weighted by atomic mass is 79.9. The van der Waals surface area contributed by atoms with Crippen molar-refractivity contribution in [2.24, 2.45) is 0 Å². The monoisotopic (exact) mass is 568 g/mol. The molecular weight excluding hydrogens is 557 g/mol. The number of hydrogen-bond acceptors (Lipinski definition) is 6. The maximum atomic E-state index is 13.0. The fraction of sp³-hybridized carbons (Fsp3) is 0.0385. The molecule has 0 aliphatic heterocycles. The molecule has 0 unspecified atom stereocenters. The number of fused-ring (bicyclic) bond motifs is 1. The summed E-state index contributed by atoms with van der Waals surface area (Å²) >= 11 is 4.55. The third-order valence-electron chi connectivity index (χ3n) is 5.21. The van der Waals surface area contributed by atoms with E-state index in [9.17, 15) is 23.2 Å². The summed E-state index contributed by atoms with van der Waals surface area (Å²) in [6.45, 7) is 0. The van der Waals surface area contributed by atoms with Crippen LogP contribution >= 0.6 is 27.3 Å². The molecule has 36 heavy (non-hydrogen) atoms. The van der Waals surface area contributed by atoms with Crippen molar-refractivity contribution in [1.82, 2.24) is 4.98 Å². The van der Waals surface area contributed by atoms with E-state index in [-0.39, 0.29) is 28.2 Å². The number of nitriles is 1. The number of rotatable bonds is 4. The Labute approximate surface area is 213 Å². The molecule has 0 saturated carbocycles. The zero-order chi connectivity index (χ0) is 25.4. The summed E-state index contributed by atoms with van der Waals surface area (Å²) in [5.74, 6) is 0.496. The van der Waals surface area contributed by atoms with Crippen molar-refractivity contribution >= 4 is 49.9 Å². The summed E-state index contributed by atoms with van der Waals surface area (Å²) in [5.41, 5.74) is 0.141. The van der Waals surface area contributed by atoms with E-state index in [0.29, 0.717) is 21.7 Å². The summed E-state index contributed by atoms with van der Waals surface area (Å²) in [6.07, 6.45) is -3.03. The number of alkyl halides is 3. The van der Waals surface area contributed by atoms with Crippen molar-refractivity contribution in [3.63, 3.8) is 0 Å². The molecule has 0 aliphatic carbocycles. The van der Waals surface area contributed by atoms with Crippen molar-refractivity contribution in [3.05, 3.63) is 97.3 Å². The molecule has 0 fully saturated rings. The first-order valence-corrected chi connectivity index (χ1v) is 12.0. The average Bonchev–Trinajstić information content (AvgIpc) is 3.52. The summed E-state index contributed by atoms with van der Waals surface area (Å²) < 4.78 is 51.0. The molecule has 5 aromatic rings. The van der Waals surface area contributed by atoms with Gasteiger partial charge in [-0.2, -0.15) is 18.4 Å². The van der Waals surface area contributed by atoms with E-state index in [2.05, 4.69) is 27.0 Å². The molecule has 0 radical (unpaired) electrons. The Balaban J connectivity index is 1.46. The molecule has 0 N–H and O–H groups in total. The molecule has 2 aromatic carbocycles. The van der Waals surface area contributed by atoms with Crippen LogP contribution in [0.1, 0.15) is 16.3 Å². The Morgan fingerprint density at radius 1 is 1.08 bits per heavy atom. The van der Waals surface area contributed by atoms with Gasteiger partial charge in [0.25, 0.3) is 0 Å². The molecule has 0 bridgehead atoms. The molecule has 0 amide bonds. The van der Waals surface area contributed by atoms with Gasteiger partial charge in [0, 0.05) is 26.9 Å². The molecule has 0 spiro atoms. The van der Waals surface area contributed by atoms with Crippen LogP contribution in [-0.2, 0) is 6.18 Å². The zero-order valence-electron chi connectivity index (χ0n) is 18.0. The molecule has 5 rings (SSSR count). The first-order valence-electron chi connectivity index (χ1n) is 10.3. The smallest absolute Gasteiger partial charge is 0.416 e. The van der Waals surface area contributed by atoms with Crippen LogP contribution in [0.5, 0.6) is 0 Å². The van der Waals surface area contributed by atoms with Crippen LogP contribution in [0.4, 0.5) is 13.2 Å². The molecular formula is C26H12BrF3N2O3S. The van der Waals surface area contributed by atoms with Crippen LogP contribution in [0.25, 0.3) is 45.2 Å².